The molecular formula is C33H31N3O5S. The summed E-state index contributed by atoms with van der Waals surface area (Å²) >= 11 is 1.32. The zero-order valence-corrected chi connectivity index (χ0v) is 24.3. The first-order valence-electron chi connectivity index (χ1n) is 13.1. The Morgan fingerprint density at radius 2 is 1.60 bits per heavy atom. The molecule has 0 unspecified atom stereocenters. The molecule has 0 aliphatic heterocycles. The number of carbonyl (C=O) groups is 3. The lowest BCUT2D eigenvalue weighted by atomic mass is 10.1. The number of aryl methyl sites for hydroxylation is 1. The minimum absolute atomic E-state index is 0.0975. The zero-order chi connectivity index (χ0) is 29.9. The highest BCUT2D eigenvalue weighted by atomic mass is 32.2. The predicted octanol–water partition coefficient (Wildman–Crippen LogP) is 6.15. The van der Waals surface area contributed by atoms with E-state index in [1.165, 1.54) is 18.9 Å². The lowest BCUT2D eigenvalue weighted by Crippen LogP contribution is -2.30. The molecule has 0 aliphatic carbocycles. The molecule has 42 heavy (non-hydrogen) atoms. The summed E-state index contributed by atoms with van der Waals surface area (Å²) in [4.78, 5) is 39.7. The summed E-state index contributed by atoms with van der Waals surface area (Å²) in [6.45, 7) is 1.95. The summed E-state index contributed by atoms with van der Waals surface area (Å²) in [6, 6.07) is 28.6. The molecule has 0 heterocycles. The standard InChI is InChI=1S/C33H31N3O5S/c1-22-9-7-10-23(17-22)18-29(36-32(38)24-11-5-4-6-12-24)33(39)34-25-13-8-14-27(19-25)42-21-31(37)35-28-16-15-26(40-2)20-30(28)41-3/h4-20H,21H2,1-3H3,(H,34,39)(H,35,37)(H,36,38)/b29-18+. The van der Waals surface area contributed by atoms with E-state index in [0.717, 1.165) is 16.0 Å². The first-order chi connectivity index (χ1) is 20.3. The summed E-state index contributed by atoms with van der Waals surface area (Å²) in [7, 11) is 3.08. The number of hydrogen-bond donors (Lipinski definition) is 3. The van der Waals surface area contributed by atoms with Crippen molar-refractivity contribution in [2.24, 2.45) is 0 Å². The maximum absolute atomic E-state index is 13.4. The molecule has 0 saturated heterocycles. The molecule has 0 bridgehead atoms. The van der Waals surface area contributed by atoms with Crippen molar-refractivity contribution in [1.29, 1.82) is 0 Å². The van der Waals surface area contributed by atoms with Gasteiger partial charge < -0.3 is 25.4 Å². The van der Waals surface area contributed by atoms with Crippen LogP contribution in [0.2, 0.25) is 0 Å². The molecule has 0 spiro atoms. The Bertz CT molecular complexity index is 1600. The number of amides is 3. The largest absolute Gasteiger partial charge is 0.497 e. The van der Waals surface area contributed by atoms with Crippen molar-refractivity contribution in [2.75, 3.05) is 30.6 Å². The van der Waals surface area contributed by atoms with Crippen molar-refractivity contribution in [3.63, 3.8) is 0 Å². The van der Waals surface area contributed by atoms with Gasteiger partial charge in [0.05, 0.1) is 25.7 Å². The highest BCUT2D eigenvalue weighted by Crippen LogP contribution is 2.29. The predicted molar refractivity (Wildman–Crippen MR) is 167 cm³/mol. The summed E-state index contributed by atoms with van der Waals surface area (Å²) < 4.78 is 10.5. The van der Waals surface area contributed by atoms with Crippen molar-refractivity contribution in [3.8, 4) is 11.5 Å². The number of carbonyl (C=O) groups excluding carboxylic acids is 3. The van der Waals surface area contributed by atoms with Gasteiger partial charge in [0.25, 0.3) is 11.8 Å². The van der Waals surface area contributed by atoms with Crippen LogP contribution in [0, 0.1) is 6.92 Å². The third kappa shape index (κ3) is 8.49. The van der Waals surface area contributed by atoms with Crippen molar-refractivity contribution in [2.45, 2.75) is 11.8 Å². The van der Waals surface area contributed by atoms with Crippen LogP contribution in [0.1, 0.15) is 21.5 Å². The zero-order valence-electron chi connectivity index (χ0n) is 23.5. The van der Waals surface area contributed by atoms with Gasteiger partial charge in [-0.3, -0.25) is 14.4 Å². The lowest BCUT2D eigenvalue weighted by Gasteiger charge is -2.13. The van der Waals surface area contributed by atoms with Crippen molar-refractivity contribution in [1.82, 2.24) is 5.32 Å². The van der Waals surface area contributed by atoms with Crippen molar-refractivity contribution >= 4 is 46.9 Å². The van der Waals surface area contributed by atoms with Gasteiger partial charge in [0, 0.05) is 22.2 Å². The van der Waals surface area contributed by atoms with Crippen LogP contribution in [0.4, 0.5) is 11.4 Å². The molecule has 3 N–H and O–H groups in total. The van der Waals surface area contributed by atoms with E-state index >= 15 is 0 Å². The van der Waals surface area contributed by atoms with Gasteiger partial charge in [-0.2, -0.15) is 0 Å². The number of nitrogens with one attached hydrogen (secondary N) is 3. The highest BCUT2D eigenvalue weighted by Gasteiger charge is 2.16. The number of thioether (sulfide) groups is 1. The summed E-state index contributed by atoms with van der Waals surface area (Å²) in [6.07, 6.45) is 1.64. The average molecular weight is 582 g/mol. The van der Waals surface area contributed by atoms with E-state index in [1.54, 1.807) is 73.8 Å². The normalized spacial score (nSPS) is 10.9. The van der Waals surface area contributed by atoms with Crippen LogP contribution in [-0.2, 0) is 9.59 Å². The van der Waals surface area contributed by atoms with Crippen LogP contribution in [-0.4, -0.2) is 37.7 Å². The Balaban J connectivity index is 1.44. The number of benzene rings is 4. The molecule has 4 rings (SSSR count). The average Bonchev–Trinajstić information content (AvgIpc) is 3.00. The van der Waals surface area contributed by atoms with Crippen LogP contribution >= 0.6 is 11.8 Å². The van der Waals surface area contributed by atoms with Crippen molar-refractivity contribution in [3.05, 3.63) is 119 Å². The number of methoxy groups -OCH3 is 2. The number of rotatable bonds is 11. The molecule has 9 heteroatoms. The maximum Gasteiger partial charge on any atom is 0.272 e. The number of hydrogen-bond acceptors (Lipinski definition) is 6. The van der Waals surface area contributed by atoms with Gasteiger partial charge in [0.15, 0.2) is 0 Å². The molecule has 0 aromatic heterocycles. The second-order valence-corrected chi connectivity index (χ2v) is 10.2. The van der Waals surface area contributed by atoms with Gasteiger partial charge in [0.2, 0.25) is 5.91 Å². The monoisotopic (exact) mass is 581 g/mol. The van der Waals surface area contributed by atoms with Gasteiger partial charge in [-0.25, -0.2) is 0 Å². The van der Waals surface area contributed by atoms with Gasteiger partial charge in [-0.15, -0.1) is 11.8 Å². The molecule has 3 amide bonds. The van der Waals surface area contributed by atoms with E-state index in [2.05, 4.69) is 16.0 Å². The smallest absolute Gasteiger partial charge is 0.272 e. The van der Waals surface area contributed by atoms with E-state index in [4.69, 9.17) is 9.47 Å². The van der Waals surface area contributed by atoms with E-state index in [0.29, 0.717) is 28.4 Å². The molecule has 4 aromatic carbocycles. The Labute approximate surface area is 249 Å². The Kier molecular flexibility index (Phi) is 10.4. The third-order valence-electron chi connectivity index (χ3n) is 6.03. The third-order valence-corrected chi connectivity index (χ3v) is 7.02. The Hall–Kier alpha value is -5.02. The first kappa shape index (κ1) is 30.0. The maximum atomic E-state index is 13.4. The van der Waals surface area contributed by atoms with E-state index < -0.39 is 11.8 Å². The summed E-state index contributed by atoms with van der Waals surface area (Å²) in [5.41, 5.74) is 3.39. The second kappa shape index (κ2) is 14.6. The second-order valence-electron chi connectivity index (χ2n) is 9.18. The highest BCUT2D eigenvalue weighted by molar-refractivity contribution is 8.00. The van der Waals surface area contributed by atoms with Crippen LogP contribution in [0.5, 0.6) is 11.5 Å². The van der Waals surface area contributed by atoms with E-state index in [1.807, 2.05) is 43.3 Å². The molecule has 214 valence electrons. The number of ether oxygens (including phenoxy) is 2. The van der Waals surface area contributed by atoms with Gasteiger partial charge in [-0.05, 0) is 61.0 Å². The molecule has 0 saturated carbocycles. The molecule has 0 fully saturated rings. The van der Waals surface area contributed by atoms with Gasteiger partial charge in [0.1, 0.15) is 17.2 Å². The van der Waals surface area contributed by atoms with Crippen LogP contribution in [0.25, 0.3) is 6.08 Å². The SMILES string of the molecule is COc1ccc(NC(=O)CSc2cccc(NC(=O)/C(=C\c3cccc(C)c3)NC(=O)c3ccccc3)c2)c(OC)c1. The van der Waals surface area contributed by atoms with Crippen LogP contribution < -0.4 is 25.4 Å². The topological polar surface area (TPSA) is 106 Å². The fourth-order valence-corrected chi connectivity index (χ4v) is 4.72. The fourth-order valence-electron chi connectivity index (χ4n) is 3.97. The van der Waals surface area contributed by atoms with Gasteiger partial charge in [-0.1, -0.05) is 54.1 Å². The quantitative estimate of drug-likeness (QED) is 0.145. The molecule has 0 radical (unpaired) electrons. The molecular weight excluding hydrogens is 550 g/mol. The molecule has 0 aliphatic rings. The summed E-state index contributed by atoms with van der Waals surface area (Å²) in [5, 5.41) is 8.46. The minimum atomic E-state index is -0.479. The van der Waals surface area contributed by atoms with E-state index in [9.17, 15) is 14.4 Å². The van der Waals surface area contributed by atoms with E-state index in [-0.39, 0.29) is 17.4 Å². The Morgan fingerprint density at radius 1 is 0.810 bits per heavy atom. The van der Waals surface area contributed by atoms with Crippen LogP contribution in [0.15, 0.2) is 108 Å². The molecule has 8 nitrogen and oxygen atoms in total. The fraction of sp³-hybridized carbons (Fsp3) is 0.121. The molecule has 0 atom stereocenters. The van der Waals surface area contributed by atoms with Crippen molar-refractivity contribution < 1.29 is 23.9 Å². The molecule has 4 aromatic rings. The lowest BCUT2D eigenvalue weighted by molar-refractivity contribution is -0.114. The first-order valence-corrected chi connectivity index (χ1v) is 14.0. The Morgan fingerprint density at radius 3 is 2.33 bits per heavy atom. The number of anilines is 2. The summed E-state index contributed by atoms with van der Waals surface area (Å²) in [5.74, 6) is 0.157. The van der Waals surface area contributed by atoms with Crippen LogP contribution in [0.3, 0.4) is 0 Å². The van der Waals surface area contributed by atoms with Gasteiger partial charge >= 0.3 is 0 Å². The minimum Gasteiger partial charge on any atom is -0.497 e.